The number of piperidine rings is 1. The number of carbonyl (C=O) groups excluding carboxylic acids is 2. The summed E-state index contributed by atoms with van der Waals surface area (Å²) >= 11 is -1.70. The highest BCUT2D eigenvalue weighted by molar-refractivity contribution is 7.90. The van der Waals surface area contributed by atoms with E-state index in [4.69, 9.17) is 0 Å². The van der Waals surface area contributed by atoms with Crippen LogP contribution in [0.2, 0.25) is 0 Å². The van der Waals surface area contributed by atoms with E-state index >= 15 is 4.39 Å². The Morgan fingerprint density at radius 3 is 2.49 bits per heavy atom. The van der Waals surface area contributed by atoms with Crippen LogP contribution in [0.5, 0.6) is 0 Å². The number of nitrogens with zero attached hydrogens (tertiary/aromatic N) is 3. The average molecular weight is 578 g/mol. The Morgan fingerprint density at radius 1 is 1.05 bits per heavy atom. The van der Waals surface area contributed by atoms with Crippen LogP contribution in [0.25, 0.3) is 22.2 Å². The van der Waals surface area contributed by atoms with E-state index in [1.54, 1.807) is 16.6 Å². The van der Waals surface area contributed by atoms with Crippen LogP contribution in [0.15, 0.2) is 54.9 Å². The van der Waals surface area contributed by atoms with Crippen molar-refractivity contribution in [2.75, 3.05) is 35.8 Å². The summed E-state index contributed by atoms with van der Waals surface area (Å²) < 4.78 is 47.2. The molecule has 2 saturated heterocycles. The van der Waals surface area contributed by atoms with Crippen LogP contribution in [0, 0.1) is 17.6 Å². The Morgan fingerprint density at radius 2 is 1.78 bits per heavy atom. The third kappa shape index (κ3) is 5.44. The normalized spacial score (nSPS) is 17.2. The van der Waals surface area contributed by atoms with Crippen LogP contribution in [0.3, 0.4) is 0 Å². The highest BCUT2D eigenvalue weighted by Crippen LogP contribution is 2.31. The Labute approximate surface area is 239 Å². The van der Waals surface area contributed by atoms with Crippen LogP contribution in [0.4, 0.5) is 20.2 Å². The van der Waals surface area contributed by atoms with Crippen LogP contribution in [-0.4, -0.2) is 57.1 Å². The SMILES string of the molecule is O=CC1CCN(c2ccc(-c3cnc4[nH]cc(C(=O)c5c(F)ccc(N[S+]([O-])N6CCCC6)c5F)c4c3)cc2)CC1. The number of anilines is 2. The Hall–Kier alpha value is -3.80. The molecule has 0 bridgehead atoms. The van der Waals surface area contributed by atoms with Crippen molar-refractivity contribution in [2.24, 2.45) is 5.92 Å². The van der Waals surface area contributed by atoms with E-state index in [0.29, 0.717) is 24.1 Å². The molecule has 41 heavy (non-hydrogen) atoms. The molecule has 2 N–H and O–H groups in total. The Balaban J connectivity index is 1.26. The number of aldehydes is 1. The fourth-order valence-corrected chi connectivity index (χ4v) is 6.56. The predicted molar refractivity (Wildman–Crippen MR) is 155 cm³/mol. The number of hydrogen-bond acceptors (Lipinski definition) is 7. The molecule has 2 aromatic heterocycles. The average Bonchev–Trinajstić information content (AvgIpc) is 3.69. The molecule has 2 aliphatic heterocycles. The van der Waals surface area contributed by atoms with E-state index in [-0.39, 0.29) is 17.2 Å². The molecule has 1 atom stereocenters. The second-order valence-corrected chi connectivity index (χ2v) is 11.6. The van der Waals surface area contributed by atoms with Crippen molar-refractivity contribution in [1.82, 2.24) is 14.3 Å². The topological polar surface area (TPSA) is 104 Å². The van der Waals surface area contributed by atoms with E-state index in [9.17, 15) is 18.5 Å². The Bertz CT molecular complexity index is 1580. The molecule has 0 radical (unpaired) electrons. The number of nitrogens with one attached hydrogen (secondary N) is 2. The highest BCUT2D eigenvalue weighted by atomic mass is 32.2. The van der Waals surface area contributed by atoms with Gasteiger partial charge >= 0.3 is 0 Å². The van der Waals surface area contributed by atoms with Crippen molar-refractivity contribution >= 4 is 46.0 Å². The van der Waals surface area contributed by atoms with Gasteiger partial charge in [0.25, 0.3) is 0 Å². The van der Waals surface area contributed by atoms with Gasteiger partial charge in [-0.1, -0.05) is 12.1 Å². The predicted octanol–water partition coefficient (Wildman–Crippen LogP) is 5.24. The first-order valence-electron chi connectivity index (χ1n) is 13.7. The molecule has 0 aliphatic carbocycles. The maximum absolute atomic E-state index is 15.5. The molecule has 11 heteroatoms. The van der Waals surface area contributed by atoms with Crippen LogP contribution in [0.1, 0.15) is 41.6 Å². The van der Waals surface area contributed by atoms with Crippen molar-refractivity contribution in [2.45, 2.75) is 25.7 Å². The number of rotatable bonds is 8. The number of aromatic amines is 1. The maximum Gasteiger partial charge on any atom is 0.201 e. The second-order valence-electron chi connectivity index (χ2n) is 10.4. The summed E-state index contributed by atoms with van der Waals surface area (Å²) in [5, 5.41) is 0.435. The van der Waals surface area contributed by atoms with Crippen molar-refractivity contribution < 1.29 is 22.9 Å². The van der Waals surface area contributed by atoms with Gasteiger partial charge in [-0.05, 0) is 61.6 Å². The van der Waals surface area contributed by atoms with E-state index in [1.807, 2.05) is 24.3 Å². The lowest BCUT2D eigenvalue weighted by molar-refractivity contribution is -0.111. The molecule has 2 aliphatic rings. The molecule has 2 aromatic carbocycles. The first-order valence-corrected chi connectivity index (χ1v) is 14.8. The van der Waals surface area contributed by atoms with Crippen molar-refractivity contribution in [3.8, 4) is 11.1 Å². The monoisotopic (exact) mass is 577 g/mol. The zero-order chi connectivity index (χ0) is 28.5. The molecule has 0 amide bonds. The fraction of sp³-hybridized carbons (Fsp3) is 0.300. The van der Waals surface area contributed by atoms with Crippen molar-refractivity contribution in [3.05, 3.63) is 77.6 Å². The number of hydrogen-bond donors (Lipinski definition) is 2. The van der Waals surface area contributed by atoms with Gasteiger partial charge in [0.1, 0.15) is 23.4 Å². The minimum absolute atomic E-state index is 0.0830. The van der Waals surface area contributed by atoms with E-state index in [0.717, 1.165) is 74.0 Å². The number of ketones is 1. The molecule has 8 nitrogen and oxygen atoms in total. The van der Waals surface area contributed by atoms with Gasteiger partial charge in [0.15, 0.2) is 17.4 Å². The van der Waals surface area contributed by atoms with Gasteiger partial charge in [-0.3, -0.25) is 4.79 Å². The summed E-state index contributed by atoms with van der Waals surface area (Å²) in [6.07, 6.45) is 7.58. The first kappa shape index (κ1) is 27.4. The summed E-state index contributed by atoms with van der Waals surface area (Å²) in [5.74, 6) is -2.80. The quantitative estimate of drug-likeness (QED) is 0.168. The lowest BCUT2D eigenvalue weighted by atomic mass is 9.97. The lowest BCUT2D eigenvalue weighted by Gasteiger charge is -2.31. The third-order valence-electron chi connectivity index (χ3n) is 7.89. The second kappa shape index (κ2) is 11.6. The van der Waals surface area contributed by atoms with E-state index in [1.165, 1.54) is 6.20 Å². The minimum Gasteiger partial charge on any atom is -0.573 e. The summed E-state index contributed by atoms with van der Waals surface area (Å²) in [5.41, 5.74) is 2.26. The molecule has 1 unspecified atom stereocenters. The number of pyridine rings is 1. The molecule has 4 heterocycles. The van der Waals surface area contributed by atoms with Gasteiger partial charge in [0.05, 0.1) is 5.56 Å². The summed E-state index contributed by atoms with van der Waals surface area (Å²) in [7, 11) is 0. The minimum atomic E-state index is -1.70. The summed E-state index contributed by atoms with van der Waals surface area (Å²) in [6.45, 7) is 2.87. The maximum atomic E-state index is 15.5. The smallest absolute Gasteiger partial charge is 0.201 e. The Kier molecular flexibility index (Phi) is 7.74. The largest absolute Gasteiger partial charge is 0.573 e. The van der Waals surface area contributed by atoms with Crippen molar-refractivity contribution in [1.29, 1.82) is 0 Å². The number of carbonyl (C=O) groups is 2. The van der Waals surface area contributed by atoms with E-state index in [2.05, 4.69) is 19.6 Å². The fourth-order valence-electron chi connectivity index (χ4n) is 5.49. The number of H-pyrrole nitrogens is 1. The van der Waals surface area contributed by atoms with Crippen LogP contribution >= 0.6 is 0 Å². The molecule has 0 saturated carbocycles. The van der Waals surface area contributed by atoms with E-state index < -0.39 is 34.5 Å². The summed E-state index contributed by atoms with van der Waals surface area (Å²) in [6, 6.07) is 11.9. The van der Waals surface area contributed by atoms with Crippen LogP contribution in [-0.2, 0) is 16.3 Å². The van der Waals surface area contributed by atoms with Gasteiger partial charge in [0.2, 0.25) is 5.78 Å². The molecule has 6 rings (SSSR count). The number of aromatic nitrogens is 2. The molecular weight excluding hydrogens is 548 g/mol. The van der Waals surface area contributed by atoms with Gasteiger partial charge < -0.3 is 19.2 Å². The number of benzene rings is 2. The molecule has 4 aromatic rings. The molecule has 212 valence electrons. The van der Waals surface area contributed by atoms with Gasteiger partial charge in [-0.25, -0.2) is 13.8 Å². The lowest BCUT2D eigenvalue weighted by Crippen LogP contribution is -2.33. The standard InChI is InChI=1S/C30H29F2N5O3S/c31-25-7-8-26(35-41(40)37-11-1-2-12-37)28(32)27(25)29(39)24-17-34-30-23(24)15-21(16-33-30)20-3-5-22(6-4-20)36-13-9-19(18-38)10-14-36/h3-8,15-19,35H,1-2,9-14H2,(H,33,34). The molecular formula is C30H29F2N5O3S. The third-order valence-corrected chi connectivity index (χ3v) is 9.12. The zero-order valence-electron chi connectivity index (χ0n) is 22.2. The zero-order valence-corrected chi connectivity index (χ0v) is 23.1. The number of fused-ring (bicyclic) bond motifs is 1. The highest BCUT2D eigenvalue weighted by Gasteiger charge is 2.29. The van der Waals surface area contributed by atoms with Crippen molar-refractivity contribution in [3.63, 3.8) is 0 Å². The first-order chi connectivity index (χ1) is 19.9. The van der Waals surface area contributed by atoms with Gasteiger partial charge in [-0.2, -0.15) is 4.72 Å². The molecule has 2 fully saturated rings. The van der Waals surface area contributed by atoms with Gasteiger partial charge in [0, 0.05) is 66.7 Å². The summed E-state index contributed by atoms with van der Waals surface area (Å²) in [4.78, 5) is 34.2. The van der Waals surface area contributed by atoms with Gasteiger partial charge in [-0.15, -0.1) is 4.31 Å². The molecule has 0 spiro atoms. The van der Waals surface area contributed by atoms with Crippen LogP contribution < -0.4 is 9.62 Å². The number of halogens is 2.